The van der Waals surface area contributed by atoms with Crippen LogP contribution in [0.1, 0.15) is 38.6 Å². The van der Waals surface area contributed by atoms with Crippen molar-refractivity contribution < 1.29 is 31.9 Å². The quantitative estimate of drug-likeness (QED) is 0.310. The highest BCUT2D eigenvalue weighted by atomic mass is 19.4. The number of rotatable bonds is 9. The first kappa shape index (κ1) is 25.3. The lowest BCUT2D eigenvalue weighted by molar-refractivity contribution is -0.138. The van der Waals surface area contributed by atoms with Crippen molar-refractivity contribution in [3.05, 3.63) is 113 Å². The van der Waals surface area contributed by atoms with E-state index in [0.29, 0.717) is 18.0 Å². The van der Waals surface area contributed by atoms with E-state index in [2.05, 4.69) is 10.3 Å². The molecule has 0 fully saturated rings. The molecule has 0 saturated carbocycles. The minimum Gasteiger partial charge on any atom is -0.454 e. The second-order valence-corrected chi connectivity index (χ2v) is 8.78. The van der Waals surface area contributed by atoms with Crippen molar-refractivity contribution >= 4 is 5.91 Å². The van der Waals surface area contributed by atoms with Gasteiger partial charge in [-0.3, -0.25) is 9.69 Å². The van der Waals surface area contributed by atoms with Crippen molar-refractivity contribution in [2.75, 3.05) is 6.79 Å². The highest BCUT2D eigenvalue weighted by Gasteiger charge is 2.33. The summed E-state index contributed by atoms with van der Waals surface area (Å²) in [6.45, 7) is 0.772. The first-order valence-corrected chi connectivity index (χ1v) is 11.9. The molecule has 1 aromatic heterocycles. The molecule has 0 bridgehead atoms. The number of nitrogens with zero attached hydrogens (tertiary/aromatic N) is 2. The minimum atomic E-state index is -4.49. The van der Waals surface area contributed by atoms with E-state index < -0.39 is 17.6 Å². The van der Waals surface area contributed by atoms with Gasteiger partial charge in [0, 0.05) is 19.6 Å². The number of carbonyl (C=O) groups is 1. The molecule has 7 nitrogen and oxygen atoms in total. The van der Waals surface area contributed by atoms with E-state index in [1.807, 2.05) is 36.4 Å². The molecule has 1 aliphatic heterocycles. The zero-order valence-corrected chi connectivity index (χ0v) is 20.2. The van der Waals surface area contributed by atoms with Crippen LogP contribution in [0.3, 0.4) is 0 Å². The summed E-state index contributed by atoms with van der Waals surface area (Å²) in [4.78, 5) is 18.6. The molecule has 1 aliphatic rings. The topological polar surface area (TPSA) is 76.8 Å². The van der Waals surface area contributed by atoms with Gasteiger partial charge in [-0.2, -0.15) is 13.2 Å². The summed E-state index contributed by atoms with van der Waals surface area (Å²) in [7, 11) is 0. The Morgan fingerprint density at radius 3 is 2.47 bits per heavy atom. The summed E-state index contributed by atoms with van der Waals surface area (Å²) in [6, 6.07) is 20.3. The van der Waals surface area contributed by atoms with Crippen molar-refractivity contribution in [1.29, 1.82) is 0 Å². The standard InChI is InChI=1S/C28H24F3N3O4/c29-28(30,31)22-9-5-4-8-21(22)15-34(14-20-10-11-24-25(12-20)38-18-37-24)16-26-33-23(17-36-26)27(35)32-13-19-6-2-1-3-7-19/h1-12,17H,13-16,18H2,(H,32,35). The van der Waals surface area contributed by atoms with Crippen molar-refractivity contribution in [1.82, 2.24) is 15.2 Å². The van der Waals surface area contributed by atoms with Crippen molar-refractivity contribution in [2.45, 2.75) is 32.4 Å². The molecular formula is C28H24F3N3O4. The van der Waals surface area contributed by atoms with Gasteiger partial charge < -0.3 is 19.2 Å². The molecule has 1 amide bonds. The molecule has 0 atom stereocenters. The number of nitrogens with one attached hydrogen (secondary N) is 1. The minimum absolute atomic E-state index is 0.0258. The fourth-order valence-electron chi connectivity index (χ4n) is 4.19. The summed E-state index contributed by atoms with van der Waals surface area (Å²) < 4.78 is 57.3. The Hall–Kier alpha value is -4.31. The first-order chi connectivity index (χ1) is 18.3. The Balaban J connectivity index is 1.33. The molecule has 5 rings (SSSR count). The zero-order chi connectivity index (χ0) is 26.5. The Morgan fingerprint density at radius 2 is 1.66 bits per heavy atom. The molecule has 0 saturated heterocycles. The third-order valence-electron chi connectivity index (χ3n) is 6.00. The summed E-state index contributed by atoms with van der Waals surface area (Å²) >= 11 is 0. The number of halogens is 3. The number of aromatic nitrogens is 1. The van der Waals surface area contributed by atoms with Crippen LogP contribution >= 0.6 is 0 Å². The number of hydrogen-bond acceptors (Lipinski definition) is 6. The smallest absolute Gasteiger partial charge is 0.416 e. The Morgan fingerprint density at radius 1 is 0.895 bits per heavy atom. The normalized spacial score (nSPS) is 12.6. The molecule has 0 unspecified atom stereocenters. The number of hydrogen-bond donors (Lipinski definition) is 1. The molecule has 0 radical (unpaired) electrons. The van der Waals surface area contributed by atoms with Crippen LogP contribution in [0.5, 0.6) is 11.5 Å². The lowest BCUT2D eigenvalue weighted by atomic mass is 10.1. The summed E-state index contributed by atoms with van der Waals surface area (Å²) in [5, 5.41) is 2.78. The fraction of sp³-hybridized carbons (Fsp3) is 0.214. The van der Waals surface area contributed by atoms with Gasteiger partial charge in [-0.25, -0.2) is 4.98 Å². The van der Waals surface area contributed by atoms with E-state index in [1.54, 1.807) is 23.1 Å². The average Bonchev–Trinajstić information content (AvgIpc) is 3.57. The van der Waals surface area contributed by atoms with Crippen LogP contribution in [0.4, 0.5) is 13.2 Å². The lowest BCUT2D eigenvalue weighted by Gasteiger charge is -2.23. The van der Waals surface area contributed by atoms with Crippen LogP contribution in [-0.2, 0) is 32.4 Å². The second-order valence-electron chi connectivity index (χ2n) is 8.78. The fourth-order valence-corrected chi connectivity index (χ4v) is 4.19. The van der Waals surface area contributed by atoms with Crippen molar-refractivity contribution in [3.8, 4) is 11.5 Å². The largest absolute Gasteiger partial charge is 0.454 e. The molecule has 3 aromatic carbocycles. The van der Waals surface area contributed by atoms with Gasteiger partial charge in [0.25, 0.3) is 5.91 Å². The van der Waals surface area contributed by atoms with Gasteiger partial charge in [-0.1, -0.05) is 54.6 Å². The van der Waals surface area contributed by atoms with Crippen LogP contribution in [0.25, 0.3) is 0 Å². The zero-order valence-electron chi connectivity index (χ0n) is 20.2. The first-order valence-electron chi connectivity index (χ1n) is 11.9. The number of alkyl halides is 3. The average molecular weight is 524 g/mol. The van der Waals surface area contributed by atoms with Crippen LogP contribution in [-0.4, -0.2) is 22.6 Å². The van der Waals surface area contributed by atoms with Gasteiger partial charge in [-0.05, 0) is 34.9 Å². The van der Waals surface area contributed by atoms with E-state index in [4.69, 9.17) is 13.9 Å². The maximum absolute atomic E-state index is 13.7. The van der Waals surface area contributed by atoms with E-state index in [9.17, 15) is 18.0 Å². The van der Waals surface area contributed by atoms with Crippen molar-refractivity contribution in [2.24, 2.45) is 0 Å². The third-order valence-corrected chi connectivity index (χ3v) is 6.00. The van der Waals surface area contributed by atoms with Crippen LogP contribution in [0, 0.1) is 0 Å². The number of fused-ring (bicyclic) bond motifs is 1. The Labute approximate surface area is 216 Å². The molecular weight excluding hydrogens is 499 g/mol. The maximum atomic E-state index is 13.7. The van der Waals surface area contributed by atoms with Crippen molar-refractivity contribution in [3.63, 3.8) is 0 Å². The molecule has 0 spiro atoms. The predicted octanol–water partition coefficient (Wildman–Crippen LogP) is 5.55. The maximum Gasteiger partial charge on any atom is 0.416 e. The number of benzene rings is 3. The SMILES string of the molecule is O=C(NCc1ccccc1)c1coc(CN(Cc2ccc3c(c2)OCO3)Cc2ccccc2C(F)(F)F)n1. The lowest BCUT2D eigenvalue weighted by Crippen LogP contribution is -2.25. The number of oxazole rings is 1. The van der Waals surface area contributed by atoms with Crippen LogP contribution in [0.15, 0.2) is 83.5 Å². The monoisotopic (exact) mass is 523 g/mol. The molecule has 10 heteroatoms. The van der Waals surface area contributed by atoms with Gasteiger partial charge in [0.15, 0.2) is 17.2 Å². The summed E-state index contributed by atoms with van der Waals surface area (Å²) in [5.41, 5.74) is 1.25. The van der Waals surface area contributed by atoms with E-state index in [1.165, 1.54) is 18.4 Å². The van der Waals surface area contributed by atoms with Gasteiger partial charge in [0.05, 0.1) is 12.1 Å². The van der Waals surface area contributed by atoms with Crippen LogP contribution in [0.2, 0.25) is 0 Å². The van der Waals surface area contributed by atoms with Gasteiger partial charge in [0.1, 0.15) is 6.26 Å². The third kappa shape index (κ3) is 6.15. The van der Waals surface area contributed by atoms with E-state index >= 15 is 0 Å². The highest BCUT2D eigenvalue weighted by Crippen LogP contribution is 2.34. The summed E-state index contributed by atoms with van der Waals surface area (Å²) in [5.74, 6) is 0.988. The van der Waals surface area contributed by atoms with Gasteiger partial charge in [-0.15, -0.1) is 0 Å². The number of amides is 1. The van der Waals surface area contributed by atoms with E-state index in [-0.39, 0.29) is 43.6 Å². The molecule has 4 aromatic rings. The molecule has 196 valence electrons. The summed E-state index contributed by atoms with van der Waals surface area (Å²) in [6.07, 6.45) is -3.24. The highest BCUT2D eigenvalue weighted by molar-refractivity contribution is 5.91. The van der Waals surface area contributed by atoms with Gasteiger partial charge in [0.2, 0.25) is 12.7 Å². The molecule has 1 N–H and O–H groups in total. The molecule has 2 heterocycles. The molecule has 38 heavy (non-hydrogen) atoms. The Bertz CT molecular complexity index is 1410. The second kappa shape index (κ2) is 11.0. The molecule has 0 aliphatic carbocycles. The van der Waals surface area contributed by atoms with Crippen LogP contribution < -0.4 is 14.8 Å². The van der Waals surface area contributed by atoms with E-state index in [0.717, 1.165) is 17.2 Å². The number of carbonyl (C=O) groups excluding carboxylic acids is 1. The predicted molar refractivity (Wildman–Crippen MR) is 131 cm³/mol. The number of ether oxygens (including phenoxy) is 2. The Kier molecular flexibility index (Phi) is 7.32. The van der Waals surface area contributed by atoms with Gasteiger partial charge >= 0.3 is 6.18 Å².